The Kier molecular flexibility index (Phi) is 5.35. The van der Waals surface area contributed by atoms with Crippen LogP contribution in [0.1, 0.15) is 25.3 Å². The van der Waals surface area contributed by atoms with Gasteiger partial charge in [0.1, 0.15) is 0 Å². The van der Waals surface area contributed by atoms with Gasteiger partial charge in [0.2, 0.25) is 11.8 Å². The summed E-state index contributed by atoms with van der Waals surface area (Å²) in [6.07, 6.45) is 3.49. The number of aromatic nitrogens is 1. The molecule has 0 bridgehead atoms. The quantitative estimate of drug-likeness (QED) is 0.787. The number of hydrogen-bond donors (Lipinski definition) is 0. The SMILES string of the molecule is COC(=O)[C@@H]1CC[C@H](C)N(C(=O)Cc2ccc(OC)nc2)C1. The fraction of sp³-hybridized carbons (Fsp3) is 0.562. The summed E-state index contributed by atoms with van der Waals surface area (Å²) in [5.41, 5.74) is 0.832. The van der Waals surface area contributed by atoms with Crippen LogP contribution in [0.4, 0.5) is 0 Å². The first-order valence-electron chi connectivity index (χ1n) is 7.41. The number of carbonyl (C=O) groups excluding carboxylic acids is 2. The Morgan fingerprint density at radius 2 is 2.09 bits per heavy atom. The van der Waals surface area contributed by atoms with Crippen LogP contribution in [-0.4, -0.2) is 48.6 Å². The fourth-order valence-corrected chi connectivity index (χ4v) is 2.73. The lowest BCUT2D eigenvalue weighted by Gasteiger charge is -2.37. The summed E-state index contributed by atoms with van der Waals surface area (Å²) >= 11 is 0. The van der Waals surface area contributed by atoms with Crippen molar-refractivity contribution in [3.8, 4) is 5.88 Å². The van der Waals surface area contributed by atoms with E-state index < -0.39 is 0 Å². The molecule has 120 valence electrons. The zero-order valence-electron chi connectivity index (χ0n) is 13.2. The lowest BCUT2D eigenvalue weighted by Crippen LogP contribution is -2.48. The highest BCUT2D eigenvalue weighted by Crippen LogP contribution is 2.23. The van der Waals surface area contributed by atoms with E-state index in [0.29, 0.717) is 12.4 Å². The molecule has 0 radical (unpaired) electrons. The number of amides is 1. The van der Waals surface area contributed by atoms with Crippen molar-refractivity contribution < 1.29 is 19.1 Å². The molecular weight excluding hydrogens is 284 g/mol. The second-order valence-corrected chi connectivity index (χ2v) is 5.58. The van der Waals surface area contributed by atoms with Crippen LogP contribution >= 0.6 is 0 Å². The van der Waals surface area contributed by atoms with Gasteiger partial charge in [-0.1, -0.05) is 6.07 Å². The van der Waals surface area contributed by atoms with Gasteiger partial charge in [0.15, 0.2) is 0 Å². The summed E-state index contributed by atoms with van der Waals surface area (Å²) in [5.74, 6) is 0.0660. The smallest absolute Gasteiger partial charge is 0.310 e. The van der Waals surface area contributed by atoms with Gasteiger partial charge in [-0.15, -0.1) is 0 Å². The van der Waals surface area contributed by atoms with Crippen LogP contribution in [0.3, 0.4) is 0 Å². The monoisotopic (exact) mass is 306 g/mol. The van der Waals surface area contributed by atoms with Crippen molar-refractivity contribution in [2.45, 2.75) is 32.2 Å². The predicted octanol–water partition coefficient (Wildman–Crippen LogP) is 1.43. The molecule has 0 N–H and O–H groups in total. The van der Waals surface area contributed by atoms with Crippen LogP contribution in [0.25, 0.3) is 0 Å². The predicted molar refractivity (Wildman–Crippen MR) is 80.4 cm³/mol. The molecule has 2 heterocycles. The van der Waals surface area contributed by atoms with E-state index in [1.165, 1.54) is 7.11 Å². The van der Waals surface area contributed by atoms with Gasteiger partial charge in [0.25, 0.3) is 0 Å². The minimum absolute atomic E-state index is 0.00747. The van der Waals surface area contributed by atoms with E-state index in [0.717, 1.165) is 18.4 Å². The molecule has 1 aromatic rings. The molecule has 0 aromatic carbocycles. The summed E-state index contributed by atoms with van der Waals surface area (Å²) < 4.78 is 9.80. The number of carbonyl (C=O) groups is 2. The van der Waals surface area contributed by atoms with Gasteiger partial charge in [-0.25, -0.2) is 4.98 Å². The van der Waals surface area contributed by atoms with Crippen LogP contribution in [-0.2, 0) is 20.7 Å². The van der Waals surface area contributed by atoms with Crippen molar-refractivity contribution in [2.75, 3.05) is 20.8 Å². The topological polar surface area (TPSA) is 68.7 Å². The van der Waals surface area contributed by atoms with Crippen LogP contribution in [0.15, 0.2) is 18.3 Å². The number of piperidine rings is 1. The minimum Gasteiger partial charge on any atom is -0.481 e. The van der Waals surface area contributed by atoms with Gasteiger partial charge in [0.05, 0.1) is 26.6 Å². The molecule has 1 aromatic heterocycles. The highest BCUT2D eigenvalue weighted by molar-refractivity contribution is 5.80. The Labute approximate surface area is 130 Å². The Hall–Kier alpha value is -2.11. The third-order valence-electron chi connectivity index (χ3n) is 4.10. The molecule has 1 saturated heterocycles. The van der Waals surface area contributed by atoms with Crippen molar-refractivity contribution in [3.63, 3.8) is 0 Å². The zero-order chi connectivity index (χ0) is 16.1. The zero-order valence-corrected chi connectivity index (χ0v) is 13.2. The minimum atomic E-state index is -0.240. The standard InChI is InChI=1S/C16H22N2O4/c1-11-4-6-13(16(20)22-3)10-18(11)15(19)8-12-5-7-14(21-2)17-9-12/h5,7,9,11,13H,4,6,8,10H2,1-3H3/t11-,13+/m0/s1. The Morgan fingerprint density at radius 1 is 1.32 bits per heavy atom. The first kappa shape index (κ1) is 16.3. The number of pyridine rings is 1. The van der Waals surface area contributed by atoms with Crippen molar-refractivity contribution in [1.82, 2.24) is 9.88 Å². The van der Waals surface area contributed by atoms with Crippen molar-refractivity contribution in [3.05, 3.63) is 23.9 Å². The molecule has 22 heavy (non-hydrogen) atoms. The first-order chi connectivity index (χ1) is 10.5. The van der Waals surface area contributed by atoms with Gasteiger partial charge in [0, 0.05) is 24.8 Å². The summed E-state index contributed by atoms with van der Waals surface area (Å²) in [5, 5.41) is 0. The second kappa shape index (κ2) is 7.24. The van der Waals surface area contributed by atoms with E-state index in [1.54, 1.807) is 24.3 Å². The Bertz CT molecular complexity index is 529. The van der Waals surface area contributed by atoms with Crippen molar-refractivity contribution >= 4 is 11.9 Å². The Morgan fingerprint density at radius 3 is 2.68 bits per heavy atom. The molecule has 0 spiro atoms. The van der Waals surface area contributed by atoms with Crippen LogP contribution in [0.5, 0.6) is 5.88 Å². The van der Waals surface area contributed by atoms with Crippen LogP contribution in [0.2, 0.25) is 0 Å². The normalized spacial score (nSPS) is 21.3. The fourth-order valence-electron chi connectivity index (χ4n) is 2.73. The maximum atomic E-state index is 12.5. The molecule has 2 atom stereocenters. The van der Waals surface area contributed by atoms with Gasteiger partial charge in [-0.3, -0.25) is 9.59 Å². The number of ether oxygens (including phenoxy) is 2. The van der Waals surface area contributed by atoms with E-state index in [-0.39, 0.29) is 30.3 Å². The third-order valence-corrected chi connectivity index (χ3v) is 4.10. The third kappa shape index (κ3) is 3.75. The molecule has 0 unspecified atom stereocenters. The van der Waals surface area contributed by atoms with Gasteiger partial charge in [-0.05, 0) is 25.3 Å². The number of methoxy groups -OCH3 is 2. The number of likely N-dealkylation sites (tertiary alicyclic amines) is 1. The lowest BCUT2D eigenvalue weighted by molar-refractivity contribution is -0.150. The van der Waals surface area contributed by atoms with E-state index in [4.69, 9.17) is 9.47 Å². The van der Waals surface area contributed by atoms with Crippen molar-refractivity contribution in [2.24, 2.45) is 5.92 Å². The number of hydrogen-bond acceptors (Lipinski definition) is 5. The molecule has 6 nitrogen and oxygen atoms in total. The second-order valence-electron chi connectivity index (χ2n) is 5.58. The van der Waals surface area contributed by atoms with E-state index in [2.05, 4.69) is 4.98 Å². The molecule has 1 aliphatic heterocycles. The number of esters is 1. The Balaban J connectivity index is 2.01. The first-order valence-corrected chi connectivity index (χ1v) is 7.41. The maximum absolute atomic E-state index is 12.5. The maximum Gasteiger partial charge on any atom is 0.310 e. The molecule has 1 aliphatic rings. The molecule has 6 heteroatoms. The van der Waals surface area contributed by atoms with E-state index in [1.807, 2.05) is 13.0 Å². The number of nitrogens with zero attached hydrogens (tertiary/aromatic N) is 2. The summed E-state index contributed by atoms with van der Waals surface area (Å²) in [7, 11) is 2.94. The number of rotatable bonds is 4. The summed E-state index contributed by atoms with van der Waals surface area (Å²) in [4.78, 5) is 30.1. The van der Waals surface area contributed by atoms with Gasteiger partial charge in [-0.2, -0.15) is 0 Å². The molecule has 1 amide bonds. The summed E-state index contributed by atoms with van der Waals surface area (Å²) in [6.45, 7) is 2.44. The van der Waals surface area contributed by atoms with Crippen LogP contribution < -0.4 is 4.74 Å². The highest BCUT2D eigenvalue weighted by Gasteiger charge is 2.33. The highest BCUT2D eigenvalue weighted by atomic mass is 16.5. The van der Waals surface area contributed by atoms with E-state index >= 15 is 0 Å². The molecule has 0 aliphatic carbocycles. The van der Waals surface area contributed by atoms with Crippen LogP contribution in [0, 0.1) is 5.92 Å². The molecule has 0 saturated carbocycles. The molecule has 1 fully saturated rings. The lowest BCUT2D eigenvalue weighted by atomic mass is 9.93. The molecular formula is C16H22N2O4. The van der Waals surface area contributed by atoms with E-state index in [9.17, 15) is 9.59 Å². The largest absolute Gasteiger partial charge is 0.481 e. The van der Waals surface area contributed by atoms with Gasteiger partial charge < -0.3 is 14.4 Å². The molecule has 2 rings (SSSR count). The average molecular weight is 306 g/mol. The van der Waals surface area contributed by atoms with Crippen molar-refractivity contribution in [1.29, 1.82) is 0 Å². The average Bonchev–Trinajstić information content (AvgIpc) is 2.55. The summed E-state index contributed by atoms with van der Waals surface area (Å²) in [6, 6.07) is 3.70. The van der Waals surface area contributed by atoms with Gasteiger partial charge >= 0.3 is 5.97 Å².